The number of rotatable bonds is 8. The molecule has 0 heterocycles. The standard InChI is InChI=1S/C15H25N3O/c1-3-10-18(11-9-15(19)17-4-2)12-13-7-5-6-8-14(13)16/h5-8H,3-4,9-12,16H2,1-2H3,(H,17,19). The second kappa shape index (κ2) is 8.53. The van der Waals surface area contributed by atoms with Gasteiger partial charge in [-0.3, -0.25) is 9.69 Å². The van der Waals surface area contributed by atoms with Crippen LogP contribution in [0.3, 0.4) is 0 Å². The molecule has 0 aliphatic rings. The Bertz CT molecular complexity index is 393. The summed E-state index contributed by atoms with van der Waals surface area (Å²) in [6.45, 7) is 7.33. The molecule has 0 aliphatic carbocycles. The molecule has 0 fully saturated rings. The van der Waals surface area contributed by atoms with Crippen LogP contribution in [0.25, 0.3) is 0 Å². The Morgan fingerprint density at radius 2 is 2.00 bits per heavy atom. The van der Waals surface area contributed by atoms with Gasteiger partial charge < -0.3 is 11.1 Å². The molecule has 3 N–H and O–H groups in total. The average Bonchev–Trinajstić information content (AvgIpc) is 2.39. The number of carbonyl (C=O) groups is 1. The number of para-hydroxylation sites is 1. The van der Waals surface area contributed by atoms with Crippen LogP contribution in [0.15, 0.2) is 24.3 Å². The highest BCUT2D eigenvalue weighted by molar-refractivity contribution is 5.75. The van der Waals surface area contributed by atoms with Gasteiger partial charge in [-0.1, -0.05) is 25.1 Å². The van der Waals surface area contributed by atoms with E-state index in [2.05, 4.69) is 17.1 Å². The van der Waals surface area contributed by atoms with Crippen molar-refractivity contribution >= 4 is 11.6 Å². The Morgan fingerprint density at radius 3 is 2.63 bits per heavy atom. The average molecular weight is 263 g/mol. The van der Waals surface area contributed by atoms with Gasteiger partial charge in [0.05, 0.1) is 0 Å². The molecular formula is C15H25N3O. The zero-order valence-electron chi connectivity index (χ0n) is 12.0. The van der Waals surface area contributed by atoms with Crippen LogP contribution in [-0.4, -0.2) is 30.4 Å². The van der Waals surface area contributed by atoms with Crippen LogP contribution < -0.4 is 11.1 Å². The largest absolute Gasteiger partial charge is 0.398 e. The van der Waals surface area contributed by atoms with E-state index in [1.54, 1.807) is 0 Å². The van der Waals surface area contributed by atoms with Crippen molar-refractivity contribution in [3.05, 3.63) is 29.8 Å². The minimum Gasteiger partial charge on any atom is -0.398 e. The first-order valence-corrected chi connectivity index (χ1v) is 6.99. The van der Waals surface area contributed by atoms with E-state index in [-0.39, 0.29) is 5.91 Å². The second-order valence-electron chi connectivity index (χ2n) is 4.68. The van der Waals surface area contributed by atoms with Crippen molar-refractivity contribution in [2.75, 3.05) is 25.4 Å². The van der Waals surface area contributed by atoms with Gasteiger partial charge in [-0.25, -0.2) is 0 Å². The summed E-state index contributed by atoms with van der Waals surface area (Å²) >= 11 is 0. The van der Waals surface area contributed by atoms with Gasteiger partial charge in [0.2, 0.25) is 5.91 Å². The predicted octanol–water partition coefficient (Wildman–Crippen LogP) is 2.01. The smallest absolute Gasteiger partial charge is 0.221 e. The van der Waals surface area contributed by atoms with Gasteiger partial charge >= 0.3 is 0 Å². The lowest BCUT2D eigenvalue weighted by atomic mass is 10.1. The zero-order valence-corrected chi connectivity index (χ0v) is 12.0. The number of nitrogens with zero attached hydrogens (tertiary/aromatic N) is 1. The zero-order chi connectivity index (χ0) is 14.1. The fourth-order valence-electron chi connectivity index (χ4n) is 2.05. The molecule has 0 saturated carbocycles. The number of amides is 1. The fourth-order valence-corrected chi connectivity index (χ4v) is 2.05. The van der Waals surface area contributed by atoms with Crippen LogP contribution in [0.4, 0.5) is 5.69 Å². The molecule has 0 radical (unpaired) electrons. The molecule has 0 atom stereocenters. The molecule has 1 aromatic rings. The molecule has 1 rings (SSSR count). The normalized spacial score (nSPS) is 10.7. The first-order valence-electron chi connectivity index (χ1n) is 6.99. The van der Waals surface area contributed by atoms with E-state index < -0.39 is 0 Å². The number of nitrogens with one attached hydrogen (secondary N) is 1. The summed E-state index contributed by atoms with van der Waals surface area (Å²) in [6, 6.07) is 7.91. The van der Waals surface area contributed by atoms with Gasteiger partial charge in [-0.15, -0.1) is 0 Å². The molecule has 0 aromatic heterocycles. The number of nitrogens with two attached hydrogens (primary N) is 1. The minimum atomic E-state index is 0.115. The van der Waals surface area contributed by atoms with Crippen LogP contribution in [0.5, 0.6) is 0 Å². The van der Waals surface area contributed by atoms with Crippen LogP contribution in [0.2, 0.25) is 0 Å². The van der Waals surface area contributed by atoms with E-state index >= 15 is 0 Å². The summed E-state index contributed by atoms with van der Waals surface area (Å²) in [5.41, 5.74) is 7.91. The lowest BCUT2D eigenvalue weighted by Gasteiger charge is -2.22. The summed E-state index contributed by atoms with van der Waals surface area (Å²) in [5, 5.41) is 2.83. The number of hydrogen-bond acceptors (Lipinski definition) is 3. The summed E-state index contributed by atoms with van der Waals surface area (Å²) in [4.78, 5) is 13.8. The third-order valence-electron chi connectivity index (χ3n) is 3.02. The van der Waals surface area contributed by atoms with E-state index in [9.17, 15) is 4.79 Å². The summed E-state index contributed by atoms with van der Waals surface area (Å²) in [6.07, 6.45) is 1.61. The minimum absolute atomic E-state index is 0.115. The number of hydrogen-bond donors (Lipinski definition) is 2. The van der Waals surface area contributed by atoms with E-state index in [4.69, 9.17) is 5.73 Å². The highest BCUT2D eigenvalue weighted by atomic mass is 16.1. The molecule has 0 bridgehead atoms. The van der Waals surface area contributed by atoms with Gasteiger partial charge in [0.1, 0.15) is 0 Å². The molecule has 0 spiro atoms. The first kappa shape index (κ1) is 15.5. The number of carbonyl (C=O) groups excluding carboxylic acids is 1. The fraction of sp³-hybridized carbons (Fsp3) is 0.533. The predicted molar refractivity (Wildman–Crippen MR) is 79.7 cm³/mol. The Labute approximate surface area is 116 Å². The lowest BCUT2D eigenvalue weighted by molar-refractivity contribution is -0.121. The second-order valence-corrected chi connectivity index (χ2v) is 4.68. The lowest BCUT2D eigenvalue weighted by Crippen LogP contribution is -2.31. The Morgan fingerprint density at radius 1 is 1.26 bits per heavy atom. The molecule has 106 valence electrons. The maximum absolute atomic E-state index is 11.5. The Hall–Kier alpha value is -1.55. The van der Waals surface area contributed by atoms with Crippen molar-refractivity contribution in [2.45, 2.75) is 33.2 Å². The highest BCUT2D eigenvalue weighted by Gasteiger charge is 2.09. The molecular weight excluding hydrogens is 238 g/mol. The quantitative estimate of drug-likeness (QED) is 0.705. The van der Waals surface area contributed by atoms with Crippen molar-refractivity contribution in [3.8, 4) is 0 Å². The monoisotopic (exact) mass is 263 g/mol. The van der Waals surface area contributed by atoms with Crippen molar-refractivity contribution in [1.29, 1.82) is 0 Å². The number of anilines is 1. The third kappa shape index (κ3) is 5.75. The van der Waals surface area contributed by atoms with Gasteiger partial charge in [0, 0.05) is 31.7 Å². The van der Waals surface area contributed by atoms with E-state index in [1.807, 2.05) is 31.2 Å². The van der Waals surface area contributed by atoms with Gasteiger partial charge in [-0.2, -0.15) is 0 Å². The van der Waals surface area contributed by atoms with E-state index in [0.29, 0.717) is 13.0 Å². The summed E-state index contributed by atoms with van der Waals surface area (Å²) in [7, 11) is 0. The summed E-state index contributed by atoms with van der Waals surface area (Å²) in [5.74, 6) is 0.115. The van der Waals surface area contributed by atoms with Crippen LogP contribution in [0, 0.1) is 0 Å². The molecule has 4 heteroatoms. The van der Waals surface area contributed by atoms with Gasteiger partial charge in [0.25, 0.3) is 0 Å². The van der Waals surface area contributed by atoms with Crippen LogP contribution >= 0.6 is 0 Å². The van der Waals surface area contributed by atoms with Crippen molar-refractivity contribution in [2.24, 2.45) is 0 Å². The van der Waals surface area contributed by atoms with Crippen LogP contribution in [-0.2, 0) is 11.3 Å². The van der Waals surface area contributed by atoms with Crippen molar-refractivity contribution < 1.29 is 4.79 Å². The number of nitrogen functional groups attached to an aromatic ring is 1. The van der Waals surface area contributed by atoms with E-state index in [0.717, 1.165) is 37.3 Å². The molecule has 1 aromatic carbocycles. The third-order valence-corrected chi connectivity index (χ3v) is 3.02. The molecule has 4 nitrogen and oxygen atoms in total. The van der Waals surface area contributed by atoms with Gasteiger partial charge in [-0.05, 0) is 31.5 Å². The Kier molecular flexibility index (Phi) is 6.97. The highest BCUT2D eigenvalue weighted by Crippen LogP contribution is 2.13. The van der Waals surface area contributed by atoms with E-state index in [1.165, 1.54) is 0 Å². The van der Waals surface area contributed by atoms with Crippen molar-refractivity contribution in [1.82, 2.24) is 10.2 Å². The molecule has 0 aliphatic heterocycles. The number of benzene rings is 1. The Balaban J connectivity index is 2.53. The molecule has 0 saturated heterocycles. The summed E-state index contributed by atoms with van der Waals surface area (Å²) < 4.78 is 0. The molecule has 0 unspecified atom stereocenters. The first-order chi connectivity index (χ1) is 9.17. The molecule has 19 heavy (non-hydrogen) atoms. The topological polar surface area (TPSA) is 58.4 Å². The van der Waals surface area contributed by atoms with Crippen molar-refractivity contribution in [3.63, 3.8) is 0 Å². The van der Waals surface area contributed by atoms with Gasteiger partial charge in [0.15, 0.2) is 0 Å². The SMILES string of the molecule is CCCN(CCC(=O)NCC)Cc1ccccc1N. The van der Waals surface area contributed by atoms with Crippen LogP contribution in [0.1, 0.15) is 32.3 Å². The maximum Gasteiger partial charge on any atom is 0.221 e. The maximum atomic E-state index is 11.5. The molecule has 1 amide bonds.